The van der Waals surface area contributed by atoms with Crippen LogP contribution in [0.4, 0.5) is 10.7 Å². The molecule has 5 heteroatoms. The number of methoxy groups -OCH3 is 1. The van der Waals surface area contributed by atoms with E-state index in [0.717, 1.165) is 36.4 Å². The zero-order chi connectivity index (χ0) is 16.4. The number of anilines is 2. The average molecular weight is 330 g/mol. The molecule has 0 saturated heterocycles. The predicted octanol–water partition coefficient (Wildman–Crippen LogP) is 4.11. The lowest BCUT2D eigenvalue weighted by molar-refractivity contribution is 0.102. The summed E-state index contributed by atoms with van der Waals surface area (Å²) in [6, 6.07) is 7.36. The molecule has 0 radical (unpaired) electrons. The first kappa shape index (κ1) is 15.9. The highest BCUT2D eigenvalue weighted by Crippen LogP contribution is 2.39. The van der Waals surface area contributed by atoms with Crippen LogP contribution in [-0.4, -0.2) is 13.0 Å². The third kappa shape index (κ3) is 3.20. The van der Waals surface area contributed by atoms with Crippen molar-refractivity contribution in [1.82, 2.24) is 0 Å². The van der Waals surface area contributed by atoms with Crippen LogP contribution in [0.25, 0.3) is 0 Å². The second-order valence-corrected chi connectivity index (χ2v) is 7.08. The Labute approximate surface area is 140 Å². The van der Waals surface area contributed by atoms with Gasteiger partial charge < -0.3 is 15.8 Å². The average Bonchev–Trinajstić information content (AvgIpc) is 2.89. The van der Waals surface area contributed by atoms with E-state index in [9.17, 15) is 4.79 Å². The molecule has 3 N–H and O–H groups in total. The van der Waals surface area contributed by atoms with Crippen molar-refractivity contribution < 1.29 is 9.53 Å². The van der Waals surface area contributed by atoms with Crippen LogP contribution >= 0.6 is 11.3 Å². The summed E-state index contributed by atoms with van der Waals surface area (Å²) in [7, 11) is 1.61. The van der Waals surface area contributed by atoms with Crippen molar-refractivity contribution in [3.63, 3.8) is 0 Å². The van der Waals surface area contributed by atoms with Gasteiger partial charge in [-0.2, -0.15) is 0 Å². The molecule has 0 aliphatic heterocycles. The zero-order valence-corrected chi connectivity index (χ0v) is 14.3. The minimum Gasteiger partial charge on any atom is -0.497 e. The van der Waals surface area contributed by atoms with Gasteiger partial charge in [-0.05, 0) is 42.9 Å². The molecule has 1 amide bonds. The molecule has 0 spiro atoms. The van der Waals surface area contributed by atoms with E-state index in [1.165, 1.54) is 11.3 Å². The SMILES string of the molecule is CC[C@H]1CCc2c(sc(N)c2C(=O)Nc2cccc(OC)c2)C1. The summed E-state index contributed by atoms with van der Waals surface area (Å²) in [5, 5.41) is 3.57. The number of fused-ring (bicyclic) bond motifs is 1. The summed E-state index contributed by atoms with van der Waals surface area (Å²) in [5.41, 5.74) is 8.69. The molecule has 4 nitrogen and oxygen atoms in total. The standard InChI is InChI=1S/C18H22N2O2S/c1-3-11-7-8-14-15(9-11)23-17(19)16(14)18(21)20-12-5-4-6-13(10-12)22-2/h4-6,10-11H,3,7-9,19H2,1-2H3,(H,20,21)/t11-/m0/s1. The van der Waals surface area contributed by atoms with Gasteiger partial charge in [0.1, 0.15) is 5.75 Å². The van der Waals surface area contributed by atoms with Gasteiger partial charge in [0.15, 0.2) is 0 Å². The van der Waals surface area contributed by atoms with Crippen LogP contribution in [0.1, 0.15) is 40.6 Å². The molecule has 1 aromatic carbocycles. The molecule has 2 aromatic rings. The Morgan fingerprint density at radius 1 is 1.48 bits per heavy atom. The van der Waals surface area contributed by atoms with Gasteiger partial charge in [0, 0.05) is 16.6 Å². The first-order valence-electron chi connectivity index (χ1n) is 7.97. The van der Waals surface area contributed by atoms with E-state index >= 15 is 0 Å². The lowest BCUT2D eigenvalue weighted by Gasteiger charge is -2.21. The fourth-order valence-corrected chi connectivity index (χ4v) is 4.40. The molecule has 1 atom stereocenters. The Morgan fingerprint density at radius 3 is 3.04 bits per heavy atom. The third-order valence-electron chi connectivity index (χ3n) is 4.53. The fraction of sp³-hybridized carbons (Fsp3) is 0.389. The maximum atomic E-state index is 12.7. The zero-order valence-electron chi connectivity index (χ0n) is 13.5. The summed E-state index contributed by atoms with van der Waals surface area (Å²) in [6.07, 6.45) is 4.32. The number of nitrogen functional groups attached to an aromatic ring is 1. The first-order valence-corrected chi connectivity index (χ1v) is 8.79. The number of carbonyl (C=O) groups excluding carboxylic acids is 1. The molecule has 122 valence electrons. The number of carbonyl (C=O) groups is 1. The monoisotopic (exact) mass is 330 g/mol. The van der Waals surface area contributed by atoms with Crippen LogP contribution in [0.15, 0.2) is 24.3 Å². The molecule has 1 aliphatic carbocycles. The van der Waals surface area contributed by atoms with Crippen molar-refractivity contribution >= 4 is 27.9 Å². The van der Waals surface area contributed by atoms with Crippen molar-refractivity contribution in [3.05, 3.63) is 40.3 Å². The molecule has 1 aromatic heterocycles. The largest absolute Gasteiger partial charge is 0.497 e. The highest BCUT2D eigenvalue weighted by Gasteiger charge is 2.27. The maximum absolute atomic E-state index is 12.7. The molecular weight excluding hydrogens is 308 g/mol. The van der Waals surface area contributed by atoms with Crippen molar-refractivity contribution in [3.8, 4) is 5.75 Å². The molecule has 0 unspecified atom stereocenters. The van der Waals surface area contributed by atoms with Gasteiger partial charge in [-0.25, -0.2) is 0 Å². The van der Waals surface area contributed by atoms with Crippen LogP contribution < -0.4 is 15.8 Å². The minimum absolute atomic E-state index is 0.122. The van der Waals surface area contributed by atoms with Crippen molar-refractivity contribution in [1.29, 1.82) is 0 Å². The van der Waals surface area contributed by atoms with Gasteiger partial charge in [-0.15, -0.1) is 11.3 Å². The Hall–Kier alpha value is -2.01. The summed E-state index contributed by atoms with van der Waals surface area (Å²) >= 11 is 1.57. The smallest absolute Gasteiger partial charge is 0.258 e. The summed E-state index contributed by atoms with van der Waals surface area (Å²) in [5.74, 6) is 1.31. The summed E-state index contributed by atoms with van der Waals surface area (Å²) in [6.45, 7) is 2.23. The van der Waals surface area contributed by atoms with Crippen LogP contribution in [0.5, 0.6) is 5.75 Å². The lowest BCUT2D eigenvalue weighted by atomic mass is 9.85. The molecule has 0 fully saturated rings. The highest BCUT2D eigenvalue weighted by molar-refractivity contribution is 7.16. The van der Waals surface area contributed by atoms with Crippen molar-refractivity contribution in [2.24, 2.45) is 5.92 Å². The molecule has 23 heavy (non-hydrogen) atoms. The lowest BCUT2D eigenvalue weighted by Crippen LogP contribution is -2.18. The summed E-state index contributed by atoms with van der Waals surface area (Å²) in [4.78, 5) is 14.0. The maximum Gasteiger partial charge on any atom is 0.258 e. The second-order valence-electron chi connectivity index (χ2n) is 5.95. The van der Waals surface area contributed by atoms with Crippen LogP contribution in [0, 0.1) is 5.92 Å². The van der Waals surface area contributed by atoms with E-state index in [-0.39, 0.29) is 5.91 Å². The number of rotatable bonds is 4. The second kappa shape index (κ2) is 6.62. The van der Waals surface area contributed by atoms with Crippen molar-refractivity contribution in [2.75, 3.05) is 18.2 Å². The number of benzene rings is 1. The molecule has 1 aliphatic rings. The van der Waals surface area contributed by atoms with Gasteiger partial charge in [-0.3, -0.25) is 4.79 Å². The van der Waals surface area contributed by atoms with E-state index in [1.807, 2.05) is 18.2 Å². The van der Waals surface area contributed by atoms with Crippen LogP contribution in [0.3, 0.4) is 0 Å². The fourth-order valence-electron chi connectivity index (χ4n) is 3.17. The van der Waals surface area contributed by atoms with Crippen LogP contribution in [-0.2, 0) is 12.8 Å². The third-order valence-corrected chi connectivity index (χ3v) is 5.61. The van der Waals surface area contributed by atoms with E-state index < -0.39 is 0 Å². The van der Waals surface area contributed by atoms with E-state index in [1.54, 1.807) is 24.5 Å². The Morgan fingerprint density at radius 2 is 2.30 bits per heavy atom. The van der Waals surface area contributed by atoms with E-state index in [4.69, 9.17) is 10.5 Å². The van der Waals surface area contributed by atoms with E-state index in [0.29, 0.717) is 16.3 Å². The van der Waals surface area contributed by atoms with Gasteiger partial charge in [0.05, 0.1) is 17.7 Å². The molecular formula is C18H22N2O2S. The Balaban J connectivity index is 1.84. The minimum atomic E-state index is -0.122. The number of nitrogens with one attached hydrogen (secondary N) is 1. The number of hydrogen-bond acceptors (Lipinski definition) is 4. The number of hydrogen-bond donors (Lipinski definition) is 2. The molecule has 0 saturated carbocycles. The first-order chi connectivity index (χ1) is 11.1. The van der Waals surface area contributed by atoms with Gasteiger partial charge in [0.25, 0.3) is 5.91 Å². The van der Waals surface area contributed by atoms with Crippen molar-refractivity contribution in [2.45, 2.75) is 32.6 Å². The topological polar surface area (TPSA) is 64.4 Å². The van der Waals surface area contributed by atoms with Gasteiger partial charge in [-0.1, -0.05) is 19.4 Å². The number of amides is 1. The van der Waals surface area contributed by atoms with Gasteiger partial charge >= 0.3 is 0 Å². The molecule has 1 heterocycles. The molecule has 0 bridgehead atoms. The van der Waals surface area contributed by atoms with E-state index in [2.05, 4.69) is 12.2 Å². The summed E-state index contributed by atoms with van der Waals surface area (Å²) < 4.78 is 5.19. The predicted molar refractivity (Wildman–Crippen MR) is 95.5 cm³/mol. The molecule has 3 rings (SSSR count). The number of nitrogens with two attached hydrogens (primary N) is 1. The number of thiophene rings is 1. The van der Waals surface area contributed by atoms with Gasteiger partial charge in [0.2, 0.25) is 0 Å². The quantitative estimate of drug-likeness (QED) is 0.887. The van der Waals surface area contributed by atoms with Crippen LogP contribution in [0.2, 0.25) is 0 Å². The Bertz CT molecular complexity index is 724. The highest BCUT2D eigenvalue weighted by atomic mass is 32.1. The Kier molecular flexibility index (Phi) is 4.57. The normalized spacial score (nSPS) is 16.7. The number of ether oxygens (including phenoxy) is 1.